The molecule has 1 aromatic rings. The molecule has 5 heteroatoms. The number of nitrogens with two attached hydrogens (primary N) is 1. The molecular weight excluding hydrogens is 200 g/mol. The van der Waals surface area contributed by atoms with Crippen LogP contribution in [0.1, 0.15) is 23.5 Å². The molecule has 0 aliphatic carbocycles. The lowest BCUT2D eigenvalue weighted by Crippen LogP contribution is -2.32. The first-order chi connectivity index (χ1) is 6.58. The van der Waals surface area contributed by atoms with Crippen molar-refractivity contribution in [2.45, 2.75) is 20.0 Å². The molecule has 0 amide bonds. The predicted molar refractivity (Wildman–Crippen MR) is 55.7 cm³/mol. The summed E-state index contributed by atoms with van der Waals surface area (Å²) in [6.45, 7) is 3.35. The van der Waals surface area contributed by atoms with Crippen molar-refractivity contribution in [3.8, 4) is 5.06 Å². The number of rotatable bonds is 1. The molecule has 4 nitrogen and oxygen atoms in total. The number of carbonyl (C=O) groups excluding carboxylic acids is 1. The second kappa shape index (κ2) is 3.09. The van der Waals surface area contributed by atoms with Gasteiger partial charge in [0.25, 0.3) is 0 Å². The molecular formula is C9H10N2O2S. The van der Waals surface area contributed by atoms with Crippen molar-refractivity contribution >= 4 is 28.6 Å². The molecule has 2 N–H and O–H groups in total. The summed E-state index contributed by atoms with van der Waals surface area (Å²) >= 11 is 1.31. The van der Waals surface area contributed by atoms with Crippen LogP contribution in [0.4, 0.5) is 5.69 Å². The molecule has 1 aromatic heterocycles. The van der Waals surface area contributed by atoms with Crippen LogP contribution in [-0.4, -0.2) is 17.7 Å². The minimum atomic E-state index is -0.207. The Morgan fingerprint density at radius 2 is 2.43 bits per heavy atom. The van der Waals surface area contributed by atoms with Gasteiger partial charge in [-0.05, 0) is 19.9 Å². The van der Waals surface area contributed by atoms with Crippen molar-refractivity contribution in [2.75, 3.05) is 0 Å². The summed E-state index contributed by atoms with van der Waals surface area (Å²) in [7, 11) is 0. The van der Waals surface area contributed by atoms with E-state index >= 15 is 0 Å². The standard InChI is InChI=1S/C9H10N2O2S/c1-4(12)7-3-6-9(14-7)13-5(2)8(10)11-6/h3,5H,1-2H3,(H2,10,11). The van der Waals surface area contributed by atoms with E-state index in [0.29, 0.717) is 21.5 Å². The van der Waals surface area contributed by atoms with E-state index in [1.165, 1.54) is 18.3 Å². The largest absolute Gasteiger partial charge is 0.471 e. The highest BCUT2D eigenvalue weighted by molar-refractivity contribution is 7.16. The van der Waals surface area contributed by atoms with E-state index in [4.69, 9.17) is 10.5 Å². The fourth-order valence-corrected chi connectivity index (χ4v) is 2.07. The zero-order chi connectivity index (χ0) is 10.3. The quantitative estimate of drug-likeness (QED) is 0.718. The smallest absolute Gasteiger partial charge is 0.201 e. The minimum Gasteiger partial charge on any atom is -0.471 e. The van der Waals surface area contributed by atoms with Crippen LogP contribution >= 0.6 is 11.3 Å². The van der Waals surface area contributed by atoms with Crippen LogP contribution in [0.25, 0.3) is 0 Å². The maximum atomic E-state index is 11.1. The van der Waals surface area contributed by atoms with E-state index in [-0.39, 0.29) is 11.9 Å². The lowest BCUT2D eigenvalue weighted by Gasteiger charge is -2.17. The van der Waals surface area contributed by atoms with Gasteiger partial charge < -0.3 is 10.5 Å². The van der Waals surface area contributed by atoms with Gasteiger partial charge in [0.2, 0.25) is 5.06 Å². The molecule has 2 rings (SSSR count). The summed E-state index contributed by atoms with van der Waals surface area (Å²) in [6, 6.07) is 1.71. The van der Waals surface area contributed by atoms with Crippen molar-refractivity contribution in [1.82, 2.24) is 0 Å². The molecule has 0 aromatic carbocycles. The molecule has 1 aliphatic heterocycles. The Bertz CT molecular complexity index is 422. The zero-order valence-electron chi connectivity index (χ0n) is 7.90. The predicted octanol–water partition coefficient (Wildman–Crippen LogP) is 1.72. The average molecular weight is 210 g/mol. The van der Waals surface area contributed by atoms with Crippen molar-refractivity contribution in [2.24, 2.45) is 10.7 Å². The van der Waals surface area contributed by atoms with E-state index in [2.05, 4.69) is 4.99 Å². The Balaban J connectivity index is 2.45. The number of hydrogen-bond donors (Lipinski definition) is 1. The van der Waals surface area contributed by atoms with Gasteiger partial charge in [-0.2, -0.15) is 0 Å². The Morgan fingerprint density at radius 1 is 1.71 bits per heavy atom. The molecule has 1 atom stereocenters. The number of Topliss-reactive ketones (excluding diaryl/α,β-unsaturated/α-hetero) is 1. The fraction of sp³-hybridized carbons (Fsp3) is 0.333. The number of thiophene rings is 1. The molecule has 0 fully saturated rings. The van der Waals surface area contributed by atoms with Crippen LogP contribution in [0.2, 0.25) is 0 Å². The van der Waals surface area contributed by atoms with E-state index in [9.17, 15) is 4.79 Å². The van der Waals surface area contributed by atoms with E-state index in [1.54, 1.807) is 6.07 Å². The Hall–Kier alpha value is -1.36. The molecule has 0 bridgehead atoms. The Kier molecular flexibility index (Phi) is 2.03. The third-order valence-electron chi connectivity index (χ3n) is 1.98. The molecule has 2 heterocycles. The van der Waals surface area contributed by atoms with Gasteiger partial charge in [-0.1, -0.05) is 11.3 Å². The van der Waals surface area contributed by atoms with Crippen LogP contribution in [0, 0.1) is 0 Å². The summed E-state index contributed by atoms with van der Waals surface area (Å²) in [4.78, 5) is 15.9. The van der Waals surface area contributed by atoms with Crippen molar-refractivity contribution in [3.63, 3.8) is 0 Å². The van der Waals surface area contributed by atoms with Gasteiger partial charge in [0.15, 0.2) is 11.9 Å². The number of ether oxygens (including phenoxy) is 1. The van der Waals surface area contributed by atoms with E-state index in [0.717, 1.165) is 0 Å². The van der Waals surface area contributed by atoms with Gasteiger partial charge in [0.05, 0.1) is 4.88 Å². The summed E-state index contributed by atoms with van der Waals surface area (Å²) in [6.07, 6.45) is -0.207. The van der Waals surface area contributed by atoms with Gasteiger partial charge >= 0.3 is 0 Å². The Morgan fingerprint density at radius 3 is 3.07 bits per heavy atom. The highest BCUT2D eigenvalue weighted by Crippen LogP contribution is 2.40. The number of carbonyl (C=O) groups is 1. The number of amidine groups is 1. The van der Waals surface area contributed by atoms with Gasteiger partial charge in [-0.25, -0.2) is 4.99 Å². The van der Waals surface area contributed by atoms with Crippen LogP contribution < -0.4 is 10.5 Å². The van der Waals surface area contributed by atoms with Crippen LogP contribution in [0.5, 0.6) is 5.06 Å². The van der Waals surface area contributed by atoms with Crippen molar-refractivity contribution in [1.29, 1.82) is 0 Å². The number of ketones is 1. The third kappa shape index (κ3) is 1.39. The second-order valence-corrected chi connectivity index (χ2v) is 4.15. The molecule has 0 radical (unpaired) electrons. The first kappa shape index (κ1) is 9.21. The molecule has 0 spiro atoms. The lowest BCUT2D eigenvalue weighted by molar-refractivity contribution is 0.102. The highest BCUT2D eigenvalue weighted by atomic mass is 32.1. The number of aliphatic imine (C=N–C) groups is 1. The first-order valence-electron chi connectivity index (χ1n) is 4.23. The van der Waals surface area contributed by atoms with Gasteiger partial charge in [-0.15, -0.1) is 0 Å². The number of nitrogens with zero attached hydrogens (tertiary/aromatic N) is 1. The van der Waals surface area contributed by atoms with Crippen LogP contribution in [-0.2, 0) is 0 Å². The summed E-state index contributed by atoms with van der Waals surface area (Å²) in [5.74, 6) is 0.472. The van der Waals surface area contributed by atoms with Crippen molar-refractivity contribution < 1.29 is 9.53 Å². The normalized spacial score (nSPS) is 19.6. The number of hydrogen-bond acceptors (Lipinski definition) is 5. The molecule has 14 heavy (non-hydrogen) atoms. The molecule has 0 saturated carbocycles. The number of fused-ring (bicyclic) bond motifs is 1. The zero-order valence-corrected chi connectivity index (χ0v) is 8.72. The van der Waals surface area contributed by atoms with E-state index in [1.807, 2.05) is 6.92 Å². The monoisotopic (exact) mass is 210 g/mol. The van der Waals surface area contributed by atoms with E-state index < -0.39 is 0 Å². The molecule has 0 saturated heterocycles. The second-order valence-electron chi connectivity index (χ2n) is 3.14. The molecule has 74 valence electrons. The summed E-state index contributed by atoms with van der Waals surface area (Å²) in [5, 5.41) is 0.678. The summed E-state index contributed by atoms with van der Waals surface area (Å²) in [5.41, 5.74) is 6.29. The van der Waals surface area contributed by atoms with Gasteiger partial charge in [0, 0.05) is 0 Å². The topological polar surface area (TPSA) is 64.7 Å². The van der Waals surface area contributed by atoms with Gasteiger partial charge in [0.1, 0.15) is 11.5 Å². The lowest BCUT2D eigenvalue weighted by atomic mass is 10.3. The van der Waals surface area contributed by atoms with Crippen LogP contribution in [0.15, 0.2) is 11.1 Å². The first-order valence-corrected chi connectivity index (χ1v) is 5.05. The maximum Gasteiger partial charge on any atom is 0.201 e. The third-order valence-corrected chi connectivity index (χ3v) is 3.09. The van der Waals surface area contributed by atoms with Gasteiger partial charge in [-0.3, -0.25) is 4.79 Å². The minimum absolute atomic E-state index is 0.0226. The average Bonchev–Trinajstić information content (AvgIpc) is 2.48. The molecule has 1 unspecified atom stereocenters. The molecule has 1 aliphatic rings. The van der Waals surface area contributed by atoms with Crippen molar-refractivity contribution in [3.05, 3.63) is 10.9 Å². The highest BCUT2D eigenvalue weighted by Gasteiger charge is 2.21. The fourth-order valence-electron chi connectivity index (χ4n) is 1.15. The Labute approximate surface area is 85.4 Å². The van der Waals surface area contributed by atoms with Crippen LogP contribution in [0.3, 0.4) is 0 Å². The summed E-state index contributed by atoms with van der Waals surface area (Å²) < 4.78 is 5.49. The maximum absolute atomic E-state index is 11.1. The SMILES string of the molecule is CC(=O)c1cc2c(s1)OC(C)C(N)=N2.